The molecular formula is C22H19F4N5OS2. The number of rotatable bonds is 3. The zero-order valence-corrected chi connectivity index (χ0v) is 19.6. The van der Waals surface area contributed by atoms with Crippen molar-refractivity contribution in [1.29, 1.82) is 0 Å². The van der Waals surface area contributed by atoms with Gasteiger partial charge in [-0.1, -0.05) is 0 Å². The van der Waals surface area contributed by atoms with E-state index in [9.17, 15) is 22.4 Å². The van der Waals surface area contributed by atoms with Crippen LogP contribution in [0.2, 0.25) is 0 Å². The molecule has 0 spiro atoms. The lowest BCUT2D eigenvalue weighted by Gasteiger charge is -2.19. The summed E-state index contributed by atoms with van der Waals surface area (Å²) in [6.07, 6.45) is -3.30. The maximum Gasteiger partial charge on any atom is 0.420 e. The van der Waals surface area contributed by atoms with Gasteiger partial charge in [-0.05, 0) is 42.3 Å². The van der Waals surface area contributed by atoms with E-state index in [-0.39, 0.29) is 28.1 Å². The molecule has 12 heteroatoms. The number of nitrogens with one attached hydrogen (secondary N) is 2. The van der Waals surface area contributed by atoms with Crippen molar-refractivity contribution in [2.45, 2.75) is 24.0 Å². The second kappa shape index (κ2) is 8.82. The van der Waals surface area contributed by atoms with Gasteiger partial charge in [-0.15, -0.1) is 23.1 Å². The van der Waals surface area contributed by atoms with Crippen LogP contribution in [0.5, 0.6) is 0 Å². The van der Waals surface area contributed by atoms with Crippen LogP contribution in [0.3, 0.4) is 0 Å². The van der Waals surface area contributed by atoms with E-state index in [1.165, 1.54) is 17.8 Å². The van der Waals surface area contributed by atoms with Crippen LogP contribution in [-0.4, -0.2) is 46.7 Å². The Balaban J connectivity index is 1.55. The number of alkyl halides is 3. The van der Waals surface area contributed by atoms with E-state index in [0.29, 0.717) is 41.2 Å². The minimum Gasteiger partial charge on any atom is -0.340 e. The van der Waals surface area contributed by atoms with E-state index in [4.69, 9.17) is 0 Å². The molecule has 3 aromatic rings. The van der Waals surface area contributed by atoms with Crippen LogP contribution in [-0.2, 0) is 19.1 Å². The highest BCUT2D eigenvalue weighted by atomic mass is 32.2. The monoisotopic (exact) mass is 509 g/mol. The average Bonchev–Trinajstić information content (AvgIpc) is 3.17. The SMILES string of the molecule is CN1CCSc2cc(-c3nc(Nc4cc5c(cc4F)CNCC5)ncc3C(F)(F)F)sc2C1=O. The maximum absolute atomic E-state index is 14.7. The molecule has 1 amide bonds. The molecule has 5 rings (SSSR count). The fraction of sp³-hybridized carbons (Fsp3) is 0.318. The number of thioether (sulfide) groups is 1. The first-order valence-corrected chi connectivity index (χ1v) is 12.3. The van der Waals surface area contributed by atoms with Crippen LogP contribution < -0.4 is 10.6 Å². The number of fused-ring (bicyclic) bond motifs is 2. The van der Waals surface area contributed by atoms with E-state index >= 15 is 0 Å². The Kier molecular flexibility index (Phi) is 5.98. The van der Waals surface area contributed by atoms with Crippen LogP contribution in [0.15, 0.2) is 29.3 Å². The highest BCUT2D eigenvalue weighted by Gasteiger charge is 2.37. The third-order valence-corrected chi connectivity index (χ3v) is 7.95. The summed E-state index contributed by atoms with van der Waals surface area (Å²) >= 11 is 2.39. The number of carbonyl (C=O) groups excluding carboxylic acids is 1. The lowest BCUT2D eigenvalue weighted by Crippen LogP contribution is -2.26. The fourth-order valence-electron chi connectivity index (χ4n) is 3.87. The Morgan fingerprint density at radius 3 is 2.82 bits per heavy atom. The zero-order valence-electron chi connectivity index (χ0n) is 17.9. The lowest BCUT2D eigenvalue weighted by atomic mass is 10.00. The van der Waals surface area contributed by atoms with Gasteiger partial charge in [0.25, 0.3) is 5.91 Å². The summed E-state index contributed by atoms with van der Waals surface area (Å²) in [5.74, 6) is -0.292. The van der Waals surface area contributed by atoms with E-state index < -0.39 is 17.6 Å². The molecule has 0 saturated carbocycles. The van der Waals surface area contributed by atoms with E-state index in [1.54, 1.807) is 24.1 Å². The number of hydrogen-bond acceptors (Lipinski definition) is 7. The molecule has 0 atom stereocenters. The molecule has 0 fully saturated rings. The smallest absolute Gasteiger partial charge is 0.340 e. The minimum absolute atomic E-state index is 0.0979. The molecular weight excluding hydrogens is 490 g/mol. The number of hydrogen-bond donors (Lipinski definition) is 2. The van der Waals surface area contributed by atoms with Crippen molar-refractivity contribution in [3.8, 4) is 10.6 Å². The molecule has 0 bridgehead atoms. The normalized spacial score (nSPS) is 16.1. The third kappa shape index (κ3) is 4.37. The van der Waals surface area contributed by atoms with E-state index in [2.05, 4.69) is 20.6 Å². The Morgan fingerprint density at radius 2 is 2.03 bits per heavy atom. The molecule has 0 radical (unpaired) electrons. The Hall–Kier alpha value is -2.70. The van der Waals surface area contributed by atoms with Crippen molar-refractivity contribution in [3.63, 3.8) is 0 Å². The summed E-state index contributed by atoms with van der Waals surface area (Å²) in [5, 5.41) is 5.91. The summed E-state index contributed by atoms with van der Waals surface area (Å²) in [6, 6.07) is 4.62. The number of benzene rings is 1. The molecule has 2 aliphatic rings. The zero-order chi connectivity index (χ0) is 24.0. The maximum atomic E-state index is 14.7. The average molecular weight is 510 g/mol. The highest BCUT2D eigenvalue weighted by Crippen LogP contribution is 2.43. The highest BCUT2D eigenvalue weighted by molar-refractivity contribution is 7.99. The van der Waals surface area contributed by atoms with Crippen LogP contribution in [0.1, 0.15) is 26.4 Å². The van der Waals surface area contributed by atoms with E-state index in [0.717, 1.165) is 29.0 Å². The van der Waals surface area contributed by atoms with Crippen LogP contribution in [0, 0.1) is 5.82 Å². The van der Waals surface area contributed by atoms with Crippen molar-refractivity contribution in [2.24, 2.45) is 0 Å². The second-order valence-corrected chi connectivity index (χ2v) is 10.2. The molecule has 178 valence electrons. The number of anilines is 2. The molecule has 34 heavy (non-hydrogen) atoms. The Bertz CT molecular complexity index is 1280. The molecule has 0 unspecified atom stereocenters. The van der Waals surface area contributed by atoms with Gasteiger partial charge in [-0.3, -0.25) is 4.79 Å². The van der Waals surface area contributed by atoms with Gasteiger partial charge < -0.3 is 15.5 Å². The number of amides is 1. The third-order valence-electron chi connectivity index (χ3n) is 5.67. The predicted molar refractivity (Wildman–Crippen MR) is 123 cm³/mol. The lowest BCUT2D eigenvalue weighted by molar-refractivity contribution is -0.137. The standard InChI is InChI=1S/C22H19F4N5OS2/c1-31-4-5-33-17-8-16(34-19(17)20(31)32)18-13(22(24,25)26)10-28-21(30-18)29-15-7-11-2-3-27-9-12(11)6-14(15)23/h6-8,10,27H,2-5,9H2,1H3,(H,28,29,30). The minimum atomic E-state index is -4.70. The summed E-state index contributed by atoms with van der Waals surface area (Å²) in [7, 11) is 1.66. The Morgan fingerprint density at radius 1 is 1.21 bits per heavy atom. The van der Waals surface area contributed by atoms with Crippen LogP contribution in [0.4, 0.5) is 29.2 Å². The van der Waals surface area contributed by atoms with Crippen molar-refractivity contribution in [2.75, 3.05) is 31.2 Å². The predicted octanol–water partition coefficient (Wildman–Crippen LogP) is 4.93. The molecule has 4 heterocycles. The first-order chi connectivity index (χ1) is 16.2. The summed E-state index contributed by atoms with van der Waals surface area (Å²) in [6.45, 7) is 1.87. The molecule has 2 aliphatic heterocycles. The molecule has 6 nitrogen and oxygen atoms in total. The van der Waals surface area contributed by atoms with E-state index in [1.807, 2.05) is 0 Å². The number of carbonyl (C=O) groups is 1. The van der Waals surface area contributed by atoms with Crippen molar-refractivity contribution < 1.29 is 22.4 Å². The number of aromatic nitrogens is 2. The summed E-state index contributed by atoms with van der Waals surface area (Å²) in [5.41, 5.74) is 0.534. The number of thiophene rings is 1. The molecule has 2 aromatic heterocycles. The molecule has 0 saturated heterocycles. The molecule has 2 N–H and O–H groups in total. The van der Waals surface area contributed by atoms with Gasteiger partial charge in [0.1, 0.15) is 16.3 Å². The molecule has 1 aromatic carbocycles. The molecule has 0 aliphatic carbocycles. The fourth-order valence-corrected chi connectivity index (χ4v) is 6.30. The van der Waals surface area contributed by atoms with Gasteiger partial charge in [0.05, 0.1) is 16.3 Å². The van der Waals surface area contributed by atoms with Crippen LogP contribution >= 0.6 is 23.1 Å². The number of halogens is 4. The van der Waals surface area contributed by atoms with Gasteiger partial charge in [0.15, 0.2) is 0 Å². The van der Waals surface area contributed by atoms with Crippen LogP contribution in [0.25, 0.3) is 10.6 Å². The quantitative estimate of drug-likeness (QED) is 0.488. The van der Waals surface area contributed by atoms with Crippen molar-refractivity contribution >= 4 is 40.6 Å². The largest absolute Gasteiger partial charge is 0.420 e. The number of nitrogens with zero attached hydrogens (tertiary/aromatic N) is 3. The van der Waals surface area contributed by atoms with Gasteiger partial charge in [0, 0.05) is 37.0 Å². The first kappa shape index (κ1) is 23.1. The van der Waals surface area contributed by atoms with Gasteiger partial charge in [0.2, 0.25) is 5.95 Å². The summed E-state index contributed by atoms with van der Waals surface area (Å²) in [4.78, 5) is 23.3. The summed E-state index contributed by atoms with van der Waals surface area (Å²) < 4.78 is 56.0. The van der Waals surface area contributed by atoms with Crippen molar-refractivity contribution in [1.82, 2.24) is 20.2 Å². The topological polar surface area (TPSA) is 70.2 Å². The Labute approximate surface area is 200 Å². The second-order valence-electron chi connectivity index (χ2n) is 7.99. The van der Waals surface area contributed by atoms with Gasteiger partial charge >= 0.3 is 6.18 Å². The van der Waals surface area contributed by atoms with Gasteiger partial charge in [-0.2, -0.15) is 13.2 Å². The van der Waals surface area contributed by atoms with Gasteiger partial charge in [-0.25, -0.2) is 14.4 Å². The van der Waals surface area contributed by atoms with Crippen molar-refractivity contribution in [3.05, 3.63) is 51.8 Å². The first-order valence-electron chi connectivity index (χ1n) is 10.5.